The molecule has 25 heavy (non-hydrogen) atoms. The van der Waals surface area contributed by atoms with Crippen LogP contribution in [0.4, 0.5) is 5.69 Å². The van der Waals surface area contributed by atoms with Gasteiger partial charge in [-0.25, -0.2) is 0 Å². The van der Waals surface area contributed by atoms with E-state index in [1.54, 1.807) is 11.8 Å². The SMILES string of the molecule is O=C(CSCc1ccccc1Cl)Nc1ccccc1-c1ccccc1. The highest BCUT2D eigenvalue weighted by atomic mass is 35.5. The molecule has 3 aromatic rings. The molecule has 2 nitrogen and oxygen atoms in total. The van der Waals surface area contributed by atoms with E-state index in [4.69, 9.17) is 11.6 Å². The summed E-state index contributed by atoms with van der Waals surface area (Å²) in [7, 11) is 0. The fraction of sp³-hybridized carbons (Fsp3) is 0.0952. The number of nitrogens with one attached hydrogen (secondary N) is 1. The van der Waals surface area contributed by atoms with E-state index < -0.39 is 0 Å². The lowest BCUT2D eigenvalue weighted by Crippen LogP contribution is -2.14. The van der Waals surface area contributed by atoms with Crippen molar-refractivity contribution < 1.29 is 4.79 Å². The Labute approximate surface area is 157 Å². The van der Waals surface area contributed by atoms with Crippen LogP contribution in [0.1, 0.15) is 5.56 Å². The minimum Gasteiger partial charge on any atom is -0.325 e. The Balaban J connectivity index is 1.61. The zero-order valence-corrected chi connectivity index (χ0v) is 15.2. The lowest BCUT2D eigenvalue weighted by atomic mass is 10.0. The van der Waals surface area contributed by atoms with Gasteiger partial charge in [0, 0.05) is 22.0 Å². The van der Waals surface area contributed by atoms with Gasteiger partial charge in [-0.3, -0.25) is 4.79 Å². The van der Waals surface area contributed by atoms with Gasteiger partial charge in [-0.1, -0.05) is 78.3 Å². The first-order valence-corrected chi connectivity index (χ1v) is 9.53. The number of thioether (sulfide) groups is 1. The Morgan fingerprint density at radius 1 is 0.880 bits per heavy atom. The summed E-state index contributed by atoms with van der Waals surface area (Å²) in [6.07, 6.45) is 0. The van der Waals surface area contributed by atoms with Crippen molar-refractivity contribution in [3.63, 3.8) is 0 Å². The van der Waals surface area contributed by atoms with E-state index >= 15 is 0 Å². The molecule has 1 N–H and O–H groups in total. The van der Waals surface area contributed by atoms with Crippen molar-refractivity contribution >= 4 is 35.0 Å². The number of halogens is 1. The van der Waals surface area contributed by atoms with Gasteiger partial charge in [0.25, 0.3) is 0 Å². The van der Waals surface area contributed by atoms with Crippen LogP contribution in [0, 0.1) is 0 Å². The van der Waals surface area contributed by atoms with Crippen molar-refractivity contribution in [2.75, 3.05) is 11.1 Å². The summed E-state index contributed by atoms with van der Waals surface area (Å²) in [4.78, 5) is 12.3. The lowest BCUT2D eigenvalue weighted by molar-refractivity contribution is -0.113. The Morgan fingerprint density at radius 2 is 1.56 bits per heavy atom. The number of rotatable bonds is 6. The molecule has 1 amide bonds. The second-order valence-corrected chi connectivity index (χ2v) is 6.94. The highest BCUT2D eigenvalue weighted by molar-refractivity contribution is 7.99. The number of hydrogen-bond donors (Lipinski definition) is 1. The van der Waals surface area contributed by atoms with Gasteiger partial charge in [0.05, 0.1) is 5.75 Å². The van der Waals surface area contributed by atoms with E-state index in [0.717, 1.165) is 27.4 Å². The van der Waals surface area contributed by atoms with Gasteiger partial charge in [0.15, 0.2) is 0 Å². The summed E-state index contributed by atoms with van der Waals surface area (Å²) in [6, 6.07) is 25.6. The second kappa shape index (κ2) is 8.75. The van der Waals surface area contributed by atoms with Gasteiger partial charge < -0.3 is 5.32 Å². The zero-order chi connectivity index (χ0) is 17.5. The quantitative estimate of drug-likeness (QED) is 0.589. The van der Waals surface area contributed by atoms with Crippen molar-refractivity contribution in [2.24, 2.45) is 0 Å². The van der Waals surface area contributed by atoms with Crippen molar-refractivity contribution in [3.8, 4) is 11.1 Å². The number of amides is 1. The number of para-hydroxylation sites is 1. The van der Waals surface area contributed by atoms with Crippen molar-refractivity contribution in [1.29, 1.82) is 0 Å². The van der Waals surface area contributed by atoms with Crippen LogP contribution < -0.4 is 5.32 Å². The molecule has 3 rings (SSSR count). The maximum Gasteiger partial charge on any atom is 0.234 e. The molecule has 3 aromatic carbocycles. The summed E-state index contributed by atoms with van der Waals surface area (Å²) in [5, 5.41) is 3.76. The molecule has 0 fully saturated rings. The van der Waals surface area contributed by atoms with Crippen LogP contribution in [0.15, 0.2) is 78.9 Å². The van der Waals surface area contributed by atoms with Crippen LogP contribution in [-0.4, -0.2) is 11.7 Å². The van der Waals surface area contributed by atoms with Gasteiger partial charge >= 0.3 is 0 Å². The predicted octanol–water partition coefficient (Wildman–Crippen LogP) is 5.88. The Kier molecular flexibility index (Phi) is 6.15. The molecule has 0 radical (unpaired) electrons. The van der Waals surface area contributed by atoms with Gasteiger partial charge in [-0.15, -0.1) is 11.8 Å². The number of anilines is 1. The summed E-state index contributed by atoms with van der Waals surface area (Å²) < 4.78 is 0. The summed E-state index contributed by atoms with van der Waals surface area (Å²) in [5.74, 6) is 1.09. The minimum atomic E-state index is -0.0135. The third-order valence-electron chi connectivity index (χ3n) is 3.73. The van der Waals surface area contributed by atoms with Crippen LogP contribution in [0.3, 0.4) is 0 Å². The minimum absolute atomic E-state index is 0.0135. The van der Waals surface area contributed by atoms with E-state index in [-0.39, 0.29) is 5.91 Å². The average Bonchev–Trinajstić information content (AvgIpc) is 2.64. The van der Waals surface area contributed by atoms with Crippen molar-refractivity contribution in [1.82, 2.24) is 0 Å². The van der Waals surface area contributed by atoms with E-state index in [2.05, 4.69) is 5.32 Å². The summed E-state index contributed by atoms with van der Waals surface area (Å²) in [6.45, 7) is 0. The van der Waals surface area contributed by atoms with Crippen LogP contribution in [0.2, 0.25) is 5.02 Å². The number of benzene rings is 3. The predicted molar refractivity (Wildman–Crippen MR) is 108 cm³/mol. The van der Waals surface area contributed by atoms with E-state index in [0.29, 0.717) is 11.5 Å². The van der Waals surface area contributed by atoms with E-state index in [9.17, 15) is 4.79 Å². The van der Waals surface area contributed by atoms with Crippen molar-refractivity contribution in [2.45, 2.75) is 5.75 Å². The highest BCUT2D eigenvalue weighted by Gasteiger charge is 2.09. The molecule has 0 atom stereocenters. The Morgan fingerprint density at radius 3 is 2.36 bits per heavy atom. The second-order valence-electron chi connectivity index (χ2n) is 5.54. The molecule has 0 aliphatic heterocycles. The van der Waals surface area contributed by atoms with Crippen molar-refractivity contribution in [3.05, 3.63) is 89.4 Å². The molecule has 0 heterocycles. The van der Waals surface area contributed by atoms with Crippen LogP contribution in [0.5, 0.6) is 0 Å². The van der Waals surface area contributed by atoms with Gasteiger partial charge in [-0.05, 0) is 23.3 Å². The van der Waals surface area contributed by atoms with Crippen LogP contribution >= 0.6 is 23.4 Å². The largest absolute Gasteiger partial charge is 0.325 e. The lowest BCUT2D eigenvalue weighted by Gasteiger charge is -2.11. The monoisotopic (exact) mass is 367 g/mol. The molecule has 0 spiro atoms. The van der Waals surface area contributed by atoms with E-state index in [1.807, 2.05) is 78.9 Å². The van der Waals surface area contributed by atoms with Gasteiger partial charge in [0.2, 0.25) is 5.91 Å². The highest BCUT2D eigenvalue weighted by Crippen LogP contribution is 2.28. The molecule has 4 heteroatoms. The number of hydrogen-bond acceptors (Lipinski definition) is 2. The maximum absolute atomic E-state index is 12.3. The molecule has 0 saturated carbocycles. The smallest absolute Gasteiger partial charge is 0.234 e. The third-order valence-corrected chi connectivity index (χ3v) is 5.08. The third kappa shape index (κ3) is 4.88. The molecule has 0 aliphatic carbocycles. The van der Waals surface area contributed by atoms with Crippen LogP contribution in [-0.2, 0) is 10.5 Å². The Hall–Kier alpha value is -2.23. The van der Waals surface area contributed by atoms with Crippen LogP contribution in [0.25, 0.3) is 11.1 Å². The average molecular weight is 368 g/mol. The molecular weight excluding hydrogens is 350 g/mol. The summed E-state index contributed by atoms with van der Waals surface area (Å²) in [5.41, 5.74) is 3.98. The molecule has 126 valence electrons. The first-order chi connectivity index (χ1) is 12.2. The fourth-order valence-electron chi connectivity index (χ4n) is 2.52. The molecule has 0 unspecified atom stereocenters. The number of carbonyl (C=O) groups is 1. The Bertz CT molecular complexity index is 851. The number of carbonyl (C=O) groups excluding carboxylic acids is 1. The fourth-order valence-corrected chi connectivity index (χ4v) is 3.63. The maximum atomic E-state index is 12.3. The molecular formula is C21H18ClNOS. The van der Waals surface area contributed by atoms with Gasteiger partial charge in [-0.2, -0.15) is 0 Å². The van der Waals surface area contributed by atoms with E-state index in [1.165, 1.54) is 0 Å². The van der Waals surface area contributed by atoms with Gasteiger partial charge in [0.1, 0.15) is 0 Å². The summed E-state index contributed by atoms with van der Waals surface area (Å²) >= 11 is 7.70. The topological polar surface area (TPSA) is 29.1 Å². The first kappa shape index (κ1) is 17.6. The molecule has 0 aromatic heterocycles. The normalized spacial score (nSPS) is 10.4. The molecule has 0 saturated heterocycles. The first-order valence-electron chi connectivity index (χ1n) is 7.99. The standard InChI is InChI=1S/C21H18ClNOS/c22-19-12-6-4-10-17(19)14-25-15-21(24)23-20-13-7-5-11-18(20)16-8-2-1-3-9-16/h1-13H,14-15H2,(H,23,24). The molecule has 0 aliphatic rings. The zero-order valence-electron chi connectivity index (χ0n) is 13.6. The molecule has 0 bridgehead atoms.